The van der Waals surface area contributed by atoms with Gasteiger partial charge in [-0.1, -0.05) is 77.2 Å². The lowest BCUT2D eigenvalue weighted by Gasteiger charge is -2.58. The van der Waals surface area contributed by atoms with Crippen LogP contribution in [0.15, 0.2) is 23.8 Å². The first-order chi connectivity index (χ1) is 14.9. The molecule has 0 heterocycles. The predicted octanol–water partition coefficient (Wildman–Crippen LogP) is 9.36. The van der Waals surface area contributed by atoms with Crippen LogP contribution in [0.1, 0.15) is 118 Å². The second kappa shape index (κ2) is 8.68. The van der Waals surface area contributed by atoms with Gasteiger partial charge in [0.05, 0.1) is 0 Å². The van der Waals surface area contributed by atoms with Crippen molar-refractivity contribution >= 4 is 0 Å². The topological polar surface area (TPSA) is 0 Å². The summed E-state index contributed by atoms with van der Waals surface area (Å²) in [5, 5.41) is 0. The van der Waals surface area contributed by atoms with Gasteiger partial charge in [0.1, 0.15) is 0 Å². The molecule has 0 heteroatoms. The molecule has 0 nitrogen and oxygen atoms in total. The quantitative estimate of drug-likeness (QED) is 0.314. The molecule has 0 aromatic rings. The van der Waals surface area contributed by atoms with Crippen LogP contribution in [0.3, 0.4) is 0 Å². The Bertz CT molecular complexity index is 691. The smallest absolute Gasteiger partial charge is 0.00851 e. The van der Waals surface area contributed by atoms with E-state index in [0.29, 0.717) is 10.8 Å². The van der Waals surface area contributed by atoms with E-state index in [9.17, 15) is 0 Å². The van der Waals surface area contributed by atoms with Crippen molar-refractivity contribution in [3.8, 4) is 0 Å². The summed E-state index contributed by atoms with van der Waals surface area (Å²) in [5.41, 5.74) is 3.00. The van der Waals surface area contributed by atoms with E-state index >= 15 is 0 Å². The minimum atomic E-state index is 0.542. The molecule has 8 atom stereocenters. The second-order valence-electron chi connectivity index (χ2n) is 13.3. The SMILES string of the molecule is C[C@H]1CC[C@@]2(C)C(=CC[C@H]3[C@@H]4CC[C@H]([C@H](C)/C=C/C5CCCCCC5)[C@@]4(C)CC[C@@H]32)C1. The van der Waals surface area contributed by atoms with Gasteiger partial charge in [-0.3, -0.25) is 0 Å². The van der Waals surface area contributed by atoms with Gasteiger partial charge in [0.15, 0.2) is 0 Å². The Hall–Kier alpha value is -0.520. The summed E-state index contributed by atoms with van der Waals surface area (Å²) in [5.74, 6) is 6.43. The van der Waals surface area contributed by atoms with Crippen LogP contribution in [0.4, 0.5) is 0 Å². The summed E-state index contributed by atoms with van der Waals surface area (Å²) in [4.78, 5) is 0. The summed E-state index contributed by atoms with van der Waals surface area (Å²) >= 11 is 0. The second-order valence-corrected chi connectivity index (χ2v) is 13.3. The first-order valence-electron chi connectivity index (χ1n) is 14.3. The Morgan fingerprint density at radius 2 is 1.68 bits per heavy atom. The summed E-state index contributed by atoms with van der Waals surface area (Å²) in [6.07, 6.45) is 28.6. The summed E-state index contributed by atoms with van der Waals surface area (Å²) in [6.45, 7) is 10.5. The molecular formula is C31H50. The number of rotatable bonds is 3. The summed E-state index contributed by atoms with van der Waals surface area (Å²) < 4.78 is 0. The summed E-state index contributed by atoms with van der Waals surface area (Å²) in [6, 6.07) is 0. The van der Waals surface area contributed by atoms with Gasteiger partial charge in [-0.2, -0.15) is 0 Å². The maximum absolute atomic E-state index is 2.76. The van der Waals surface area contributed by atoms with E-state index in [2.05, 4.69) is 45.9 Å². The summed E-state index contributed by atoms with van der Waals surface area (Å²) in [7, 11) is 0. The van der Waals surface area contributed by atoms with Crippen LogP contribution in [0.25, 0.3) is 0 Å². The Morgan fingerprint density at radius 1 is 0.903 bits per heavy atom. The molecule has 0 unspecified atom stereocenters. The van der Waals surface area contributed by atoms with Crippen LogP contribution in [0, 0.1) is 52.3 Å². The molecule has 5 aliphatic rings. The van der Waals surface area contributed by atoms with Crippen molar-refractivity contribution < 1.29 is 0 Å². The van der Waals surface area contributed by atoms with Gasteiger partial charge < -0.3 is 0 Å². The van der Waals surface area contributed by atoms with Gasteiger partial charge in [0.2, 0.25) is 0 Å². The third kappa shape index (κ3) is 3.91. The monoisotopic (exact) mass is 422 g/mol. The maximum Gasteiger partial charge on any atom is -0.00851 e. The highest BCUT2D eigenvalue weighted by atomic mass is 14.6. The number of hydrogen-bond acceptors (Lipinski definition) is 0. The Labute approximate surface area is 193 Å². The molecule has 0 aromatic heterocycles. The van der Waals surface area contributed by atoms with Gasteiger partial charge in [0, 0.05) is 0 Å². The predicted molar refractivity (Wildman–Crippen MR) is 134 cm³/mol. The third-order valence-corrected chi connectivity index (χ3v) is 11.6. The van der Waals surface area contributed by atoms with Crippen LogP contribution in [-0.2, 0) is 0 Å². The van der Waals surface area contributed by atoms with Gasteiger partial charge in [0.25, 0.3) is 0 Å². The van der Waals surface area contributed by atoms with E-state index in [1.54, 1.807) is 0 Å². The van der Waals surface area contributed by atoms with Crippen molar-refractivity contribution in [1.29, 1.82) is 0 Å². The zero-order valence-corrected chi connectivity index (χ0v) is 21.2. The first kappa shape index (κ1) is 22.3. The Morgan fingerprint density at radius 3 is 2.45 bits per heavy atom. The molecule has 0 spiro atoms. The molecule has 0 bridgehead atoms. The minimum absolute atomic E-state index is 0.542. The molecule has 174 valence electrons. The minimum Gasteiger partial charge on any atom is -0.0851 e. The van der Waals surface area contributed by atoms with Crippen LogP contribution in [0.2, 0.25) is 0 Å². The van der Waals surface area contributed by atoms with Crippen molar-refractivity contribution in [3.63, 3.8) is 0 Å². The maximum atomic E-state index is 2.76. The molecular weight excluding hydrogens is 372 g/mol. The number of fused-ring (bicyclic) bond motifs is 5. The lowest BCUT2D eigenvalue weighted by molar-refractivity contribution is -0.0486. The van der Waals surface area contributed by atoms with Crippen molar-refractivity contribution in [3.05, 3.63) is 23.8 Å². The molecule has 31 heavy (non-hydrogen) atoms. The third-order valence-electron chi connectivity index (χ3n) is 11.6. The Kier molecular flexibility index (Phi) is 6.24. The molecule has 0 radical (unpaired) electrons. The molecule has 0 amide bonds. The van der Waals surface area contributed by atoms with Crippen molar-refractivity contribution in [1.82, 2.24) is 0 Å². The average molecular weight is 423 g/mol. The molecule has 4 saturated carbocycles. The van der Waals surface area contributed by atoms with Crippen LogP contribution in [0.5, 0.6) is 0 Å². The van der Waals surface area contributed by atoms with E-state index in [0.717, 1.165) is 41.4 Å². The molecule has 5 rings (SSSR count). The van der Waals surface area contributed by atoms with Crippen LogP contribution >= 0.6 is 0 Å². The standard InChI is InChI=1S/C31H50/c1-22-17-19-30(3)25(21-22)13-14-26-28-16-15-27(31(28,4)20-18-29(26)30)23(2)11-12-24-9-7-5-6-8-10-24/h11-13,22-24,26-29H,5-10,14-21H2,1-4H3/b12-11+/t22-,23+,26-,27+,28-,29-,30-,31+/m0/s1. The zero-order chi connectivity index (χ0) is 21.6. The number of hydrogen-bond donors (Lipinski definition) is 0. The zero-order valence-electron chi connectivity index (χ0n) is 21.2. The van der Waals surface area contributed by atoms with E-state index in [1.165, 1.54) is 89.9 Å². The fraction of sp³-hybridized carbons (Fsp3) is 0.871. The van der Waals surface area contributed by atoms with Gasteiger partial charge in [-0.25, -0.2) is 0 Å². The molecule has 0 saturated heterocycles. The van der Waals surface area contributed by atoms with Gasteiger partial charge >= 0.3 is 0 Å². The lowest BCUT2D eigenvalue weighted by atomic mass is 9.46. The van der Waals surface area contributed by atoms with E-state index < -0.39 is 0 Å². The molecule has 0 aromatic carbocycles. The average Bonchev–Trinajstić information content (AvgIpc) is 2.92. The highest BCUT2D eigenvalue weighted by Crippen LogP contribution is 2.67. The highest BCUT2D eigenvalue weighted by molar-refractivity contribution is 5.25. The largest absolute Gasteiger partial charge is 0.0851 e. The normalized spacial score (nSPS) is 47.2. The number of allylic oxidation sites excluding steroid dienone is 4. The highest BCUT2D eigenvalue weighted by Gasteiger charge is 2.58. The first-order valence-corrected chi connectivity index (χ1v) is 14.3. The van der Waals surface area contributed by atoms with Crippen LogP contribution in [-0.4, -0.2) is 0 Å². The van der Waals surface area contributed by atoms with Gasteiger partial charge in [-0.15, -0.1) is 0 Å². The fourth-order valence-electron chi connectivity index (χ4n) is 9.72. The Balaban J connectivity index is 1.31. The van der Waals surface area contributed by atoms with E-state index in [4.69, 9.17) is 0 Å². The molecule has 5 aliphatic carbocycles. The van der Waals surface area contributed by atoms with Crippen molar-refractivity contribution in [2.24, 2.45) is 52.3 Å². The molecule has 0 N–H and O–H groups in total. The fourth-order valence-corrected chi connectivity index (χ4v) is 9.72. The van der Waals surface area contributed by atoms with E-state index in [1.807, 2.05) is 5.57 Å². The molecule has 0 aliphatic heterocycles. The lowest BCUT2D eigenvalue weighted by Crippen LogP contribution is -2.50. The molecule has 4 fully saturated rings. The van der Waals surface area contributed by atoms with Gasteiger partial charge in [-0.05, 0) is 116 Å². The van der Waals surface area contributed by atoms with Crippen LogP contribution < -0.4 is 0 Å². The van der Waals surface area contributed by atoms with Crippen molar-refractivity contribution in [2.75, 3.05) is 0 Å². The van der Waals surface area contributed by atoms with E-state index in [-0.39, 0.29) is 0 Å². The van der Waals surface area contributed by atoms with Crippen molar-refractivity contribution in [2.45, 2.75) is 118 Å².